The Morgan fingerprint density at radius 3 is 2.55 bits per heavy atom. The number of aromatic nitrogens is 1. The summed E-state index contributed by atoms with van der Waals surface area (Å²) in [5, 5.41) is 6.93. The van der Waals surface area contributed by atoms with E-state index in [1.54, 1.807) is 35.7 Å². The fourth-order valence-electron chi connectivity index (χ4n) is 3.42. The summed E-state index contributed by atoms with van der Waals surface area (Å²) in [5.41, 5.74) is 1.80. The number of piperidine rings is 1. The van der Waals surface area contributed by atoms with E-state index in [9.17, 15) is 8.42 Å². The molecule has 1 aromatic heterocycles. The van der Waals surface area contributed by atoms with Gasteiger partial charge in [0.2, 0.25) is 10.0 Å². The number of guanidine groups is 1. The summed E-state index contributed by atoms with van der Waals surface area (Å²) in [4.78, 5) is 8.67. The number of pyridine rings is 1. The summed E-state index contributed by atoms with van der Waals surface area (Å²) in [6, 6.07) is 10.9. The standard InChI is InChI=1S/C21H28ClN5O2S.HI/c1-23-21(24-12-11-17-9-10-20(22)25-15-17)26-16-18-7-3-4-8-19(18)30(28,29)27-13-5-2-6-14-27;/h3-4,7-10,15H,2,5-6,11-14,16H2,1H3,(H2,23,24,26);1H. The molecular weight excluding hydrogens is 549 g/mol. The number of sulfonamides is 1. The maximum Gasteiger partial charge on any atom is 0.243 e. The van der Waals surface area contributed by atoms with Gasteiger partial charge in [-0.25, -0.2) is 13.4 Å². The van der Waals surface area contributed by atoms with E-state index in [4.69, 9.17) is 11.6 Å². The summed E-state index contributed by atoms with van der Waals surface area (Å²) in [5.74, 6) is 0.613. The minimum Gasteiger partial charge on any atom is -0.356 e. The lowest BCUT2D eigenvalue weighted by molar-refractivity contribution is 0.346. The second-order valence-electron chi connectivity index (χ2n) is 7.16. The van der Waals surface area contributed by atoms with Crippen molar-refractivity contribution in [3.63, 3.8) is 0 Å². The highest BCUT2D eigenvalue weighted by atomic mass is 127. The molecule has 2 aromatic rings. The molecule has 0 amide bonds. The Hall–Kier alpha value is -1.43. The van der Waals surface area contributed by atoms with Gasteiger partial charge in [0.1, 0.15) is 5.15 Å². The predicted octanol–water partition coefficient (Wildman–Crippen LogP) is 3.44. The molecule has 2 heterocycles. The summed E-state index contributed by atoms with van der Waals surface area (Å²) < 4.78 is 27.8. The zero-order valence-electron chi connectivity index (χ0n) is 17.6. The Morgan fingerprint density at radius 2 is 1.87 bits per heavy atom. The first-order valence-corrected chi connectivity index (χ1v) is 12.0. The SMILES string of the molecule is CN=C(NCCc1ccc(Cl)nc1)NCc1ccccc1S(=O)(=O)N1CCCCC1.I. The fraction of sp³-hybridized carbons (Fsp3) is 0.429. The molecule has 0 radical (unpaired) electrons. The minimum atomic E-state index is -3.49. The van der Waals surface area contributed by atoms with E-state index >= 15 is 0 Å². The zero-order valence-corrected chi connectivity index (χ0v) is 21.5. The molecule has 7 nitrogen and oxygen atoms in total. The van der Waals surface area contributed by atoms with Gasteiger partial charge in [0, 0.05) is 39.4 Å². The Labute approximate surface area is 206 Å². The van der Waals surface area contributed by atoms with Gasteiger partial charge in [-0.2, -0.15) is 4.31 Å². The van der Waals surface area contributed by atoms with Crippen molar-refractivity contribution >= 4 is 51.6 Å². The Morgan fingerprint density at radius 1 is 1.13 bits per heavy atom. The highest BCUT2D eigenvalue weighted by Gasteiger charge is 2.27. The van der Waals surface area contributed by atoms with Gasteiger partial charge in [-0.05, 0) is 42.5 Å². The Kier molecular flexibility index (Phi) is 10.5. The van der Waals surface area contributed by atoms with Crippen molar-refractivity contribution < 1.29 is 8.42 Å². The van der Waals surface area contributed by atoms with Gasteiger partial charge in [-0.3, -0.25) is 4.99 Å². The molecular formula is C21H29ClIN5O2S. The molecule has 0 bridgehead atoms. The van der Waals surface area contributed by atoms with Gasteiger partial charge in [0.25, 0.3) is 0 Å². The van der Waals surface area contributed by atoms with Gasteiger partial charge in [-0.1, -0.05) is 42.3 Å². The van der Waals surface area contributed by atoms with Crippen LogP contribution in [0.5, 0.6) is 0 Å². The van der Waals surface area contributed by atoms with Crippen molar-refractivity contribution in [3.8, 4) is 0 Å². The zero-order chi connectivity index (χ0) is 21.4. The van der Waals surface area contributed by atoms with Crippen LogP contribution in [0.3, 0.4) is 0 Å². The first-order valence-electron chi connectivity index (χ1n) is 10.1. The lowest BCUT2D eigenvalue weighted by Crippen LogP contribution is -2.39. The molecule has 2 N–H and O–H groups in total. The van der Waals surface area contributed by atoms with Gasteiger partial charge in [-0.15, -0.1) is 24.0 Å². The van der Waals surface area contributed by atoms with Crippen molar-refractivity contribution in [3.05, 3.63) is 58.9 Å². The van der Waals surface area contributed by atoms with E-state index < -0.39 is 10.0 Å². The average Bonchev–Trinajstić information content (AvgIpc) is 2.78. The van der Waals surface area contributed by atoms with Crippen molar-refractivity contribution in [1.82, 2.24) is 19.9 Å². The molecule has 3 rings (SSSR count). The van der Waals surface area contributed by atoms with E-state index in [-0.39, 0.29) is 24.0 Å². The molecule has 1 aromatic carbocycles. The van der Waals surface area contributed by atoms with E-state index in [2.05, 4.69) is 20.6 Å². The molecule has 0 aliphatic carbocycles. The number of halogens is 2. The third kappa shape index (κ3) is 7.30. The Balaban J connectivity index is 0.00000341. The van der Waals surface area contributed by atoms with Crippen LogP contribution < -0.4 is 10.6 Å². The van der Waals surface area contributed by atoms with Crippen LogP contribution in [0.4, 0.5) is 0 Å². The van der Waals surface area contributed by atoms with Crippen molar-refractivity contribution in [1.29, 1.82) is 0 Å². The number of hydrogen-bond donors (Lipinski definition) is 2. The molecule has 1 aliphatic heterocycles. The summed E-state index contributed by atoms with van der Waals surface area (Å²) in [6.45, 7) is 2.21. The summed E-state index contributed by atoms with van der Waals surface area (Å²) in [6.07, 6.45) is 5.44. The van der Waals surface area contributed by atoms with Crippen LogP contribution in [0, 0.1) is 0 Å². The molecule has 1 saturated heterocycles. The van der Waals surface area contributed by atoms with Crippen LogP contribution in [0.15, 0.2) is 52.5 Å². The minimum absolute atomic E-state index is 0. The first-order chi connectivity index (χ1) is 14.5. The van der Waals surface area contributed by atoms with Gasteiger partial charge < -0.3 is 10.6 Å². The van der Waals surface area contributed by atoms with Crippen LogP contribution in [0.1, 0.15) is 30.4 Å². The van der Waals surface area contributed by atoms with Crippen LogP contribution in [0.25, 0.3) is 0 Å². The molecule has 1 fully saturated rings. The molecule has 1 aliphatic rings. The normalized spacial score (nSPS) is 15.2. The average molecular weight is 578 g/mol. The monoisotopic (exact) mass is 577 g/mol. The lowest BCUT2D eigenvalue weighted by Gasteiger charge is -2.27. The largest absolute Gasteiger partial charge is 0.356 e. The third-order valence-electron chi connectivity index (χ3n) is 5.07. The number of aliphatic imine (C=N–C) groups is 1. The van der Waals surface area contributed by atoms with Crippen molar-refractivity contribution in [2.75, 3.05) is 26.7 Å². The van der Waals surface area contributed by atoms with Gasteiger partial charge >= 0.3 is 0 Å². The topological polar surface area (TPSA) is 86.7 Å². The van der Waals surface area contributed by atoms with E-state index in [0.717, 1.165) is 36.8 Å². The molecule has 0 atom stereocenters. The molecule has 0 unspecified atom stereocenters. The number of rotatable bonds is 7. The quantitative estimate of drug-likeness (QED) is 0.228. The number of benzene rings is 1. The number of nitrogens with one attached hydrogen (secondary N) is 2. The third-order valence-corrected chi connectivity index (χ3v) is 7.29. The van der Waals surface area contributed by atoms with Crippen molar-refractivity contribution in [2.45, 2.75) is 37.1 Å². The van der Waals surface area contributed by atoms with Crippen LogP contribution in [-0.4, -0.2) is 50.3 Å². The number of hydrogen-bond acceptors (Lipinski definition) is 4. The van der Waals surface area contributed by atoms with E-state index in [1.165, 1.54) is 0 Å². The first kappa shape index (κ1) is 25.8. The molecule has 0 saturated carbocycles. The summed E-state index contributed by atoms with van der Waals surface area (Å²) in [7, 11) is -1.80. The second-order valence-corrected chi connectivity index (χ2v) is 9.46. The predicted molar refractivity (Wildman–Crippen MR) is 136 cm³/mol. The molecule has 0 spiro atoms. The maximum atomic E-state index is 13.1. The van der Waals surface area contributed by atoms with E-state index in [0.29, 0.717) is 42.2 Å². The highest BCUT2D eigenvalue weighted by molar-refractivity contribution is 14.0. The van der Waals surface area contributed by atoms with Gasteiger partial charge in [0.15, 0.2) is 5.96 Å². The van der Waals surface area contributed by atoms with Crippen LogP contribution in [-0.2, 0) is 23.0 Å². The van der Waals surface area contributed by atoms with Crippen LogP contribution >= 0.6 is 35.6 Å². The van der Waals surface area contributed by atoms with Crippen LogP contribution in [0.2, 0.25) is 5.15 Å². The molecule has 10 heteroatoms. The van der Waals surface area contributed by atoms with Gasteiger partial charge in [0.05, 0.1) is 4.90 Å². The smallest absolute Gasteiger partial charge is 0.243 e. The van der Waals surface area contributed by atoms with E-state index in [1.807, 2.05) is 18.2 Å². The van der Waals surface area contributed by atoms with Crippen molar-refractivity contribution in [2.24, 2.45) is 4.99 Å². The summed E-state index contributed by atoms with van der Waals surface area (Å²) >= 11 is 5.81. The maximum absolute atomic E-state index is 13.1. The lowest BCUT2D eigenvalue weighted by atomic mass is 10.2. The fourth-order valence-corrected chi connectivity index (χ4v) is 5.28. The highest BCUT2D eigenvalue weighted by Crippen LogP contribution is 2.23. The Bertz CT molecular complexity index is 964. The molecule has 31 heavy (non-hydrogen) atoms. The molecule has 170 valence electrons. The number of nitrogens with zero attached hydrogens (tertiary/aromatic N) is 3. The second kappa shape index (κ2) is 12.6.